The number of fused-ring (bicyclic) bond motifs is 1. The minimum absolute atomic E-state index is 0.0966. The van der Waals surface area contributed by atoms with Gasteiger partial charge in [-0.2, -0.15) is 23.3 Å². The highest BCUT2D eigenvalue weighted by Gasteiger charge is 2.34. The van der Waals surface area contributed by atoms with Crippen molar-refractivity contribution < 1.29 is 22.7 Å². The van der Waals surface area contributed by atoms with Crippen molar-refractivity contribution in [3.8, 4) is 23.0 Å². The fraction of sp³-hybridized carbons (Fsp3) is 0.258. The van der Waals surface area contributed by atoms with Crippen LogP contribution in [0.4, 0.5) is 18.9 Å². The molecule has 44 heavy (non-hydrogen) atoms. The van der Waals surface area contributed by atoms with E-state index < -0.39 is 17.6 Å². The third-order valence-corrected chi connectivity index (χ3v) is 7.37. The fourth-order valence-electron chi connectivity index (χ4n) is 5.02. The van der Waals surface area contributed by atoms with Crippen LogP contribution in [-0.2, 0) is 19.8 Å². The Hall–Kier alpha value is -4.88. The molecule has 0 bridgehead atoms. The van der Waals surface area contributed by atoms with E-state index in [1.807, 2.05) is 11.9 Å². The second-order valence-corrected chi connectivity index (χ2v) is 10.7. The number of rotatable bonds is 7. The Morgan fingerprint density at radius 3 is 2.50 bits per heavy atom. The van der Waals surface area contributed by atoms with E-state index in [0.29, 0.717) is 41.4 Å². The molecule has 1 amide bonds. The molecule has 1 N–H and O–H groups in total. The number of aryl methyl sites for hydroxylation is 1. The first-order chi connectivity index (χ1) is 21.1. The Labute approximate surface area is 251 Å². The molecule has 6 rings (SSSR count). The summed E-state index contributed by atoms with van der Waals surface area (Å²) in [4.78, 5) is 30.4. The second-order valence-electron chi connectivity index (χ2n) is 10.7. The lowest BCUT2D eigenvalue weighted by Gasteiger charge is -2.33. The summed E-state index contributed by atoms with van der Waals surface area (Å²) in [5, 5.41) is 7.66. The third-order valence-electron chi connectivity index (χ3n) is 7.37. The molecule has 0 atom stereocenters. The monoisotopic (exact) mass is 602 g/mol. The molecule has 13 heteroatoms. The maximum absolute atomic E-state index is 14.0. The summed E-state index contributed by atoms with van der Waals surface area (Å²) in [6, 6.07) is 13.8. The van der Waals surface area contributed by atoms with Crippen LogP contribution in [0.1, 0.15) is 21.5 Å². The van der Waals surface area contributed by atoms with Crippen LogP contribution >= 0.6 is 0 Å². The SMILES string of the molecule is CN1CCN(Cc2ccc(C(=O)Nc3cccc(Oc4nc(-c5ccncc5)nc5nn(C)cc45)c3)cc2C(F)(F)F)CC1. The zero-order valence-electron chi connectivity index (χ0n) is 24.0. The van der Waals surface area contributed by atoms with E-state index in [0.717, 1.165) is 24.7 Å². The number of benzene rings is 2. The fourth-order valence-corrected chi connectivity index (χ4v) is 5.02. The number of carbonyl (C=O) groups is 1. The molecule has 1 saturated heterocycles. The number of pyridine rings is 1. The summed E-state index contributed by atoms with van der Waals surface area (Å²) < 4.78 is 49.9. The van der Waals surface area contributed by atoms with Gasteiger partial charge in [0.2, 0.25) is 5.88 Å². The number of nitrogens with one attached hydrogen (secondary N) is 1. The topological polar surface area (TPSA) is 101 Å². The summed E-state index contributed by atoms with van der Waals surface area (Å²) >= 11 is 0. The highest BCUT2D eigenvalue weighted by Crippen LogP contribution is 2.34. The number of piperazine rings is 1. The van der Waals surface area contributed by atoms with E-state index in [-0.39, 0.29) is 23.6 Å². The highest BCUT2D eigenvalue weighted by molar-refractivity contribution is 6.04. The quantitative estimate of drug-likeness (QED) is 0.270. The summed E-state index contributed by atoms with van der Waals surface area (Å²) in [5.74, 6) is 0.333. The van der Waals surface area contributed by atoms with Crippen LogP contribution in [0.15, 0.2) is 73.2 Å². The molecule has 1 fully saturated rings. The van der Waals surface area contributed by atoms with E-state index in [1.165, 1.54) is 12.1 Å². The standard InChI is InChI=1S/C31H29F3N8O2/c1-40-12-14-42(15-13-40)18-22-7-6-21(16-26(22)31(32,33)34)29(43)36-23-4-3-5-24(17-23)44-30-25-19-41(2)39-28(25)37-27(38-30)20-8-10-35-11-9-20/h3-11,16-17,19H,12-15,18H2,1-2H3,(H,36,43). The van der Waals surface area contributed by atoms with Gasteiger partial charge in [0.25, 0.3) is 5.91 Å². The number of anilines is 1. The molecule has 226 valence electrons. The van der Waals surface area contributed by atoms with Crippen LogP contribution in [0.5, 0.6) is 11.6 Å². The number of carbonyl (C=O) groups excluding carboxylic acids is 1. The molecule has 0 spiro atoms. The first-order valence-corrected chi connectivity index (χ1v) is 13.9. The van der Waals surface area contributed by atoms with Crippen molar-refractivity contribution in [2.45, 2.75) is 12.7 Å². The van der Waals surface area contributed by atoms with Gasteiger partial charge in [0.15, 0.2) is 11.5 Å². The zero-order valence-corrected chi connectivity index (χ0v) is 24.0. The minimum atomic E-state index is -4.60. The van der Waals surface area contributed by atoms with Crippen molar-refractivity contribution in [1.29, 1.82) is 0 Å². The van der Waals surface area contributed by atoms with Crippen molar-refractivity contribution in [1.82, 2.24) is 34.5 Å². The van der Waals surface area contributed by atoms with Crippen LogP contribution in [0.25, 0.3) is 22.4 Å². The van der Waals surface area contributed by atoms with Gasteiger partial charge in [0.05, 0.1) is 5.56 Å². The molecule has 0 saturated carbocycles. The van der Waals surface area contributed by atoms with Gasteiger partial charge in [-0.25, -0.2) is 4.98 Å². The lowest BCUT2D eigenvalue weighted by Crippen LogP contribution is -2.44. The highest BCUT2D eigenvalue weighted by atomic mass is 19.4. The molecule has 1 aliphatic heterocycles. The Balaban J connectivity index is 1.22. The lowest BCUT2D eigenvalue weighted by molar-refractivity contribution is -0.138. The molecule has 0 radical (unpaired) electrons. The van der Waals surface area contributed by atoms with Gasteiger partial charge in [-0.05, 0) is 49.0 Å². The van der Waals surface area contributed by atoms with E-state index >= 15 is 0 Å². The Kier molecular flexibility index (Phi) is 7.97. The number of halogens is 3. The maximum atomic E-state index is 14.0. The Bertz CT molecular complexity index is 1800. The molecule has 3 aromatic heterocycles. The van der Waals surface area contributed by atoms with Gasteiger partial charge in [-0.3, -0.25) is 19.4 Å². The number of aromatic nitrogens is 5. The first kappa shape index (κ1) is 29.2. The first-order valence-electron chi connectivity index (χ1n) is 13.9. The molecular formula is C31H29F3N8O2. The van der Waals surface area contributed by atoms with Crippen molar-refractivity contribution in [2.75, 3.05) is 38.5 Å². The number of ether oxygens (including phenoxy) is 1. The van der Waals surface area contributed by atoms with Gasteiger partial charge < -0.3 is 15.0 Å². The molecule has 4 heterocycles. The molecular weight excluding hydrogens is 573 g/mol. The summed E-state index contributed by atoms with van der Waals surface area (Å²) in [6.07, 6.45) is 0.397. The molecule has 2 aromatic carbocycles. The zero-order chi connectivity index (χ0) is 30.8. The number of amides is 1. The molecule has 0 unspecified atom stereocenters. The smallest absolute Gasteiger partial charge is 0.416 e. The molecule has 0 aliphatic carbocycles. The van der Waals surface area contributed by atoms with Crippen LogP contribution in [0.2, 0.25) is 0 Å². The number of hydrogen-bond donors (Lipinski definition) is 1. The van der Waals surface area contributed by atoms with Crippen molar-refractivity contribution in [2.24, 2.45) is 7.05 Å². The van der Waals surface area contributed by atoms with Gasteiger partial charge in [-0.1, -0.05) is 12.1 Å². The van der Waals surface area contributed by atoms with Gasteiger partial charge in [0.1, 0.15) is 11.1 Å². The third kappa shape index (κ3) is 6.53. The number of hydrogen-bond acceptors (Lipinski definition) is 8. The largest absolute Gasteiger partial charge is 0.438 e. The van der Waals surface area contributed by atoms with E-state index in [4.69, 9.17) is 4.74 Å². The molecule has 10 nitrogen and oxygen atoms in total. The van der Waals surface area contributed by atoms with E-state index in [9.17, 15) is 18.0 Å². The summed E-state index contributed by atoms with van der Waals surface area (Å²) in [6.45, 7) is 3.11. The number of alkyl halides is 3. The predicted molar refractivity (Wildman–Crippen MR) is 158 cm³/mol. The summed E-state index contributed by atoms with van der Waals surface area (Å²) in [5.41, 5.74) is 0.743. The van der Waals surface area contributed by atoms with Crippen LogP contribution < -0.4 is 10.1 Å². The van der Waals surface area contributed by atoms with Gasteiger partial charge in [0, 0.05) is 81.2 Å². The Morgan fingerprint density at radius 1 is 0.977 bits per heavy atom. The molecule has 1 aliphatic rings. The average molecular weight is 603 g/mol. The van der Waals surface area contributed by atoms with Crippen LogP contribution in [0.3, 0.4) is 0 Å². The van der Waals surface area contributed by atoms with Crippen molar-refractivity contribution in [3.63, 3.8) is 0 Å². The maximum Gasteiger partial charge on any atom is 0.416 e. The molecule has 5 aromatic rings. The second kappa shape index (κ2) is 12.0. The van der Waals surface area contributed by atoms with Crippen molar-refractivity contribution in [3.05, 3.63) is 89.9 Å². The van der Waals surface area contributed by atoms with Crippen LogP contribution in [-0.4, -0.2) is 73.7 Å². The number of likely N-dealkylation sites (N-methyl/N-ethyl adjacent to an activating group) is 1. The van der Waals surface area contributed by atoms with E-state index in [2.05, 4.69) is 30.3 Å². The van der Waals surface area contributed by atoms with E-state index in [1.54, 1.807) is 66.7 Å². The van der Waals surface area contributed by atoms with Gasteiger partial charge >= 0.3 is 6.18 Å². The average Bonchev–Trinajstić information content (AvgIpc) is 3.39. The van der Waals surface area contributed by atoms with Gasteiger partial charge in [-0.15, -0.1) is 0 Å². The predicted octanol–water partition coefficient (Wildman–Crippen LogP) is 5.24. The summed E-state index contributed by atoms with van der Waals surface area (Å²) in [7, 11) is 3.75. The minimum Gasteiger partial charge on any atom is -0.438 e. The van der Waals surface area contributed by atoms with Crippen molar-refractivity contribution >= 4 is 22.6 Å². The normalized spacial score (nSPS) is 14.6. The Morgan fingerprint density at radius 2 is 1.75 bits per heavy atom. The lowest BCUT2D eigenvalue weighted by atomic mass is 10.0. The number of nitrogens with zero attached hydrogens (tertiary/aromatic N) is 7. The van der Waals surface area contributed by atoms with Crippen LogP contribution in [0, 0.1) is 0 Å².